The lowest BCUT2D eigenvalue weighted by molar-refractivity contribution is -0.158. The number of amides is 7. The zero-order valence-electron chi connectivity index (χ0n) is 30.7. The molecule has 0 aliphatic carbocycles. The first-order valence-corrected chi connectivity index (χ1v) is 18.1. The van der Waals surface area contributed by atoms with Gasteiger partial charge in [0.05, 0.1) is 0 Å². The number of benzene rings is 2. The second-order valence-corrected chi connectivity index (χ2v) is 14.0. The fourth-order valence-electron chi connectivity index (χ4n) is 7.14. The standard InChI is InChI=1S/C39H47N7O8/c1-5-13-30-34(48)40-25(3)35(49)46-22-24(2)20-32(46)38(52)54-23-29(36(50)45-19-12-18-31(45)37(51)44(30)4)42-33(47)28(21-26-14-8-6-9-15-26)43-39(53)41-27-16-10-7-11-17-27/h1,6-11,14-17,24-25,28-32H,12-13,18-23H2,2-4H3,(H,40,48)(H,42,47)(H2,41,43,53)/t24-,25-,28-,29-,30-,31-,32-/m0/s1. The summed E-state index contributed by atoms with van der Waals surface area (Å²) in [6.45, 7) is 3.13. The minimum absolute atomic E-state index is 0.0546. The molecule has 0 saturated carbocycles. The van der Waals surface area contributed by atoms with E-state index in [0.717, 1.165) is 5.56 Å². The number of nitrogens with one attached hydrogen (secondary N) is 4. The molecule has 3 saturated heterocycles. The van der Waals surface area contributed by atoms with Gasteiger partial charge in [0.2, 0.25) is 29.5 Å². The van der Waals surface area contributed by atoms with E-state index in [1.54, 1.807) is 54.6 Å². The fraction of sp³-hybridized carbons (Fsp3) is 0.462. The van der Waals surface area contributed by atoms with Gasteiger partial charge in [-0.2, -0.15) is 0 Å². The molecule has 7 amide bonds. The maximum Gasteiger partial charge on any atom is 0.328 e. The Morgan fingerprint density at radius 3 is 2.31 bits per heavy atom. The van der Waals surface area contributed by atoms with Crippen LogP contribution in [0.1, 0.15) is 45.1 Å². The van der Waals surface area contributed by atoms with E-state index >= 15 is 0 Å². The minimum Gasteiger partial charge on any atom is -0.461 e. The van der Waals surface area contributed by atoms with Gasteiger partial charge in [-0.3, -0.25) is 24.0 Å². The molecule has 3 fully saturated rings. The molecule has 15 nitrogen and oxygen atoms in total. The number of urea groups is 1. The van der Waals surface area contributed by atoms with Gasteiger partial charge in [-0.1, -0.05) is 55.5 Å². The van der Waals surface area contributed by atoms with E-state index in [-0.39, 0.29) is 44.7 Å². The lowest BCUT2D eigenvalue weighted by Gasteiger charge is -2.35. The minimum atomic E-state index is -1.47. The first-order valence-electron chi connectivity index (χ1n) is 18.1. The van der Waals surface area contributed by atoms with Crippen molar-refractivity contribution in [1.82, 2.24) is 30.7 Å². The van der Waals surface area contributed by atoms with Crippen molar-refractivity contribution in [1.29, 1.82) is 0 Å². The van der Waals surface area contributed by atoms with Crippen LogP contribution in [-0.4, -0.2) is 119 Å². The number of anilines is 1. The van der Waals surface area contributed by atoms with Crippen LogP contribution in [0.2, 0.25) is 0 Å². The molecule has 0 spiro atoms. The molecule has 0 bridgehead atoms. The van der Waals surface area contributed by atoms with Crippen molar-refractivity contribution in [3.8, 4) is 12.3 Å². The van der Waals surface area contributed by atoms with E-state index in [2.05, 4.69) is 27.2 Å². The van der Waals surface area contributed by atoms with Crippen LogP contribution in [0.25, 0.3) is 0 Å². The van der Waals surface area contributed by atoms with Gasteiger partial charge >= 0.3 is 12.0 Å². The molecule has 286 valence electrons. The Kier molecular flexibility index (Phi) is 12.9. The van der Waals surface area contributed by atoms with Gasteiger partial charge < -0.3 is 40.7 Å². The smallest absolute Gasteiger partial charge is 0.328 e. The molecule has 3 aliphatic heterocycles. The number of hydrogen-bond donors (Lipinski definition) is 4. The molecule has 7 atom stereocenters. The van der Waals surface area contributed by atoms with Crippen molar-refractivity contribution in [2.24, 2.45) is 5.92 Å². The second kappa shape index (κ2) is 17.7. The van der Waals surface area contributed by atoms with Gasteiger partial charge in [0.15, 0.2) is 0 Å². The van der Waals surface area contributed by atoms with Crippen molar-refractivity contribution in [3.05, 3.63) is 66.2 Å². The summed E-state index contributed by atoms with van der Waals surface area (Å²) in [5.74, 6) is -1.62. The summed E-state index contributed by atoms with van der Waals surface area (Å²) in [5, 5.41) is 10.7. The summed E-state index contributed by atoms with van der Waals surface area (Å²) in [6.07, 6.45) is 6.49. The Morgan fingerprint density at radius 1 is 0.944 bits per heavy atom. The molecule has 0 unspecified atom stereocenters. The average Bonchev–Trinajstić information content (AvgIpc) is 3.81. The number of ether oxygens (including phenoxy) is 1. The molecule has 0 radical (unpaired) electrons. The van der Waals surface area contributed by atoms with Crippen LogP contribution in [0.5, 0.6) is 0 Å². The Morgan fingerprint density at radius 2 is 1.63 bits per heavy atom. The topological polar surface area (TPSA) is 187 Å². The lowest BCUT2D eigenvalue weighted by Crippen LogP contribution is -2.60. The number of terminal acetylenes is 1. The van der Waals surface area contributed by atoms with Crippen molar-refractivity contribution in [3.63, 3.8) is 0 Å². The molecule has 0 aromatic heterocycles. The van der Waals surface area contributed by atoms with Crippen LogP contribution in [-0.2, 0) is 39.9 Å². The van der Waals surface area contributed by atoms with Gasteiger partial charge in [0.1, 0.15) is 42.9 Å². The van der Waals surface area contributed by atoms with Crippen molar-refractivity contribution in [2.45, 2.75) is 82.2 Å². The molecule has 2 aromatic rings. The molecule has 54 heavy (non-hydrogen) atoms. The molecule has 2 aromatic carbocycles. The normalized spacial score (nSPS) is 25.8. The highest BCUT2D eigenvalue weighted by Gasteiger charge is 2.45. The summed E-state index contributed by atoms with van der Waals surface area (Å²) >= 11 is 0. The van der Waals surface area contributed by atoms with E-state index in [0.29, 0.717) is 12.1 Å². The van der Waals surface area contributed by atoms with Gasteiger partial charge in [0, 0.05) is 38.7 Å². The highest BCUT2D eigenvalue weighted by atomic mass is 16.5. The van der Waals surface area contributed by atoms with Crippen LogP contribution in [0.4, 0.5) is 10.5 Å². The Hall–Kier alpha value is -5.91. The van der Waals surface area contributed by atoms with Crippen LogP contribution in [0.15, 0.2) is 60.7 Å². The number of fused-ring (bicyclic) bond motifs is 2. The molecule has 15 heteroatoms. The van der Waals surface area contributed by atoms with Crippen LogP contribution in [0, 0.1) is 18.3 Å². The summed E-state index contributed by atoms with van der Waals surface area (Å²) < 4.78 is 5.70. The summed E-state index contributed by atoms with van der Waals surface area (Å²) in [7, 11) is 1.42. The number of carbonyl (C=O) groups excluding carboxylic acids is 7. The van der Waals surface area contributed by atoms with Gasteiger partial charge in [-0.05, 0) is 49.8 Å². The summed E-state index contributed by atoms with van der Waals surface area (Å²) in [4.78, 5) is 100. The van der Waals surface area contributed by atoms with E-state index in [9.17, 15) is 33.6 Å². The third-order valence-corrected chi connectivity index (χ3v) is 9.99. The number of rotatable bonds is 7. The van der Waals surface area contributed by atoms with Gasteiger partial charge in [-0.15, -0.1) is 12.3 Å². The van der Waals surface area contributed by atoms with E-state index in [1.807, 2.05) is 13.0 Å². The maximum absolute atomic E-state index is 14.4. The van der Waals surface area contributed by atoms with Gasteiger partial charge in [-0.25, -0.2) is 9.59 Å². The van der Waals surface area contributed by atoms with Crippen molar-refractivity contribution in [2.75, 3.05) is 32.1 Å². The Bertz CT molecular complexity index is 1770. The van der Waals surface area contributed by atoms with E-state index < -0.39 is 84.4 Å². The summed E-state index contributed by atoms with van der Waals surface area (Å²) in [5.41, 5.74) is 1.22. The molecule has 3 aliphatic rings. The predicted molar refractivity (Wildman–Crippen MR) is 197 cm³/mol. The van der Waals surface area contributed by atoms with E-state index in [1.165, 1.54) is 28.7 Å². The number of nitrogens with zero attached hydrogens (tertiary/aromatic N) is 3. The highest BCUT2D eigenvalue weighted by molar-refractivity contribution is 5.98. The SMILES string of the molecule is C#CC[C@H]1C(=O)N[C@@H](C)C(=O)N2C[C@@H](C)C[C@H]2C(=O)OC[C@H](NC(=O)[C@H](Cc2ccccc2)NC(=O)Nc2ccccc2)C(=O)N2CCC[C@H]2C(=O)N1C. The number of para-hydroxylation sites is 1. The summed E-state index contributed by atoms with van der Waals surface area (Å²) in [6, 6.07) is 10.1. The van der Waals surface area contributed by atoms with Crippen LogP contribution < -0.4 is 21.3 Å². The van der Waals surface area contributed by atoms with Crippen LogP contribution in [0.3, 0.4) is 0 Å². The number of carbonyl (C=O) groups is 7. The molecular formula is C39H47N7O8. The molecule has 4 N–H and O–H groups in total. The Labute approximate surface area is 314 Å². The van der Waals surface area contributed by atoms with Crippen LogP contribution >= 0.6 is 0 Å². The van der Waals surface area contributed by atoms with Crippen molar-refractivity contribution < 1.29 is 38.3 Å². The number of likely N-dealkylation sites (N-methyl/N-ethyl adjacent to an activating group) is 1. The number of hydrogen-bond acceptors (Lipinski definition) is 8. The average molecular weight is 742 g/mol. The number of cyclic esters (lactones) is 1. The zero-order valence-corrected chi connectivity index (χ0v) is 30.7. The Balaban J connectivity index is 1.46. The third-order valence-electron chi connectivity index (χ3n) is 9.99. The third kappa shape index (κ3) is 9.35. The first kappa shape index (κ1) is 39.3. The van der Waals surface area contributed by atoms with E-state index in [4.69, 9.17) is 11.2 Å². The monoisotopic (exact) mass is 741 g/mol. The fourth-order valence-corrected chi connectivity index (χ4v) is 7.14. The molecular weight excluding hydrogens is 694 g/mol. The zero-order chi connectivity index (χ0) is 38.9. The quantitative estimate of drug-likeness (QED) is 0.240. The maximum atomic E-state index is 14.4. The highest BCUT2D eigenvalue weighted by Crippen LogP contribution is 2.26. The number of esters is 1. The first-order chi connectivity index (χ1) is 25.9. The van der Waals surface area contributed by atoms with Gasteiger partial charge in [0.25, 0.3) is 0 Å². The largest absolute Gasteiger partial charge is 0.461 e. The second-order valence-electron chi connectivity index (χ2n) is 14.0. The van der Waals surface area contributed by atoms with Crippen molar-refractivity contribution >= 4 is 47.2 Å². The molecule has 3 heterocycles. The predicted octanol–water partition coefficient (Wildman–Crippen LogP) is 1.04. The lowest BCUT2D eigenvalue weighted by atomic mass is 10.0. The molecule has 5 rings (SSSR count).